The maximum absolute atomic E-state index is 11.4. The number of carbonyl (C=O) groups is 1. The minimum absolute atomic E-state index is 0.0920. The van der Waals surface area contributed by atoms with Crippen LogP contribution in [-0.4, -0.2) is 21.7 Å². The number of carbonyl (C=O) groups excluding carboxylic acids is 1. The molecule has 1 aliphatic heterocycles. The first-order chi connectivity index (χ1) is 6.66. The first-order valence-corrected chi connectivity index (χ1v) is 5.94. The predicted molar refractivity (Wildman–Crippen MR) is 56.8 cm³/mol. The van der Waals surface area contributed by atoms with Gasteiger partial charge in [0.15, 0.2) is 0 Å². The molecule has 1 aliphatic rings. The van der Waals surface area contributed by atoms with Gasteiger partial charge in [-0.1, -0.05) is 11.6 Å². The molecular weight excluding hydrogens is 222 g/mol. The van der Waals surface area contributed by atoms with E-state index in [1.54, 1.807) is 24.3 Å². The molecule has 0 saturated carbocycles. The summed E-state index contributed by atoms with van der Waals surface area (Å²) in [6, 6.07) is 6.93. The van der Waals surface area contributed by atoms with Gasteiger partial charge in [0.2, 0.25) is 5.91 Å². The molecule has 1 atom stereocenters. The summed E-state index contributed by atoms with van der Waals surface area (Å²) in [5.74, 6) is 0.328. The average molecular weight is 230 g/mol. The topological polar surface area (TPSA) is 37.4 Å². The number of amides is 1. The summed E-state index contributed by atoms with van der Waals surface area (Å²) in [4.78, 5) is 12.9. The second-order valence-electron chi connectivity index (χ2n) is 3.01. The van der Waals surface area contributed by atoms with Crippen LogP contribution in [-0.2, 0) is 15.6 Å². The lowest BCUT2D eigenvalue weighted by Gasteiger charge is -2.13. The van der Waals surface area contributed by atoms with E-state index in [1.165, 1.54) is 4.90 Å². The Hall–Kier alpha value is -0.870. The van der Waals surface area contributed by atoms with Crippen LogP contribution in [0.4, 0.5) is 5.69 Å². The molecule has 0 radical (unpaired) electrons. The van der Waals surface area contributed by atoms with Gasteiger partial charge in [-0.2, -0.15) is 0 Å². The number of nitrogens with zero attached hydrogens (tertiary/aromatic N) is 1. The van der Waals surface area contributed by atoms with E-state index in [0.29, 0.717) is 10.9 Å². The maximum atomic E-state index is 11.4. The summed E-state index contributed by atoms with van der Waals surface area (Å²) in [6.07, 6.45) is 0. The summed E-state index contributed by atoms with van der Waals surface area (Å²) in [6.45, 7) is 0. The van der Waals surface area contributed by atoms with Crippen LogP contribution < -0.4 is 4.90 Å². The van der Waals surface area contributed by atoms with E-state index < -0.39 is 10.8 Å². The number of rotatable bonds is 1. The largest absolute Gasteiger partial charge is 0.299 e. The minimum atomic E-state index is -1.05. The SMILES string of the molecule is O=C1C[S@](=O)CN1c1ccc(Cl)cc1. The van der Waals surface area contributed by atoms with Gasteiger partial charge in [-0.3, -0.25) is 13.9 Å². The van der Waals surface area contributed by atoms with E-state index in [1.807, 2.05) is 0 Å². The predicted octanol–water partition coefficient (Wildman–Crippen LogP) is 1.39. The number of hydrogen-bond donors (Lipinski definition) is 0. The van der Waals surface area contributed by atoms with Crippen molar-refractivity contribution in [2.45, 2.75) is 0 Å². The number of anilines is 1. The van der Waals surface area contributed by atoms with Crippen molar-refractivity contribution in [2.75, 3.05) is 16.5 Å². The Kier molecular flexibility index (Phi) is 2.56. The molecule has 0 spiro atoms. The maximum Gasteiger partial charge on any atom is 0.240 e. The molecule has 2 rings (SSSR count). The van der Waals surface area contributed by atoms with E-state index >= 15 is 0 Å². The first kappa shape index (κ1) is 9.68. The third-order valence-electron chi connectivity index (χ3n) is 2.00. The summed E-state index contributed by atoms with van der Waals surface area (Å²) >= 11 is 5.72. The lowest BCUT2D eigenvalue weighted by atomic mass is 10.3. The molecule has 0 aromatic heterocycles. The second-order valence-corrected chi connectivity index (χ2v) is 4.87. The molecule has 1 amide bonds. The van der Waals surface area contributed by atoms with Gasteiger partial charge in [0, 0.05) is 10.7 Å². The van der Waals surface area contributed by atoms with Crippen molar-refractivity contribution in [3.05, 3.63) is 29.3 Å². The fourth-order valence-electron chi connectivity index (χ4n) is 1.32. The van der Waals surface area contributed by atoms with Crippen molar-refractivity contribution in [2.24, 2.45) is 0 Å². The molecule has 1 aromatic carbocycles. The van der Waals surface area contributed by atoms with E-state index in [2.05, 4.69) is 0 Å². The monoisotopic (exact) mass is 229 g/mol. The van der Waals surface area contributed by atoms with Crippen LogP contribution in [0.1, 0.15) is 0 Å². The van der Waals surface area contributed by atoms with Crippen LogP contribution in [0.15, 0.2) is 24.3 Å². The molecular formula is C9H8ClNO2S. The van der Waals surface area contributed by atoms with E-state index in [4.69, 9.17) is 11.6 Å². The highest BCUT2D eigenvalue weighted by atomic mass is 35.5. The third kappa shape index (κ3) is 1.81. The van der Waals surface area contributed by atoms with Gasteiger partial charge in [-0.25, -0.2) is 0 Å². The van der Waals surface area contributed by atoms with Crippen molar-refractivity contribution in [3.8, 4) is 0 Å². The zero-order chi connectivity index (χ0) is 10.1. The highest BCUT2D eigenvalue weighted by Crippen LogP contribution is 2.21. The summed E-state index contributed by atoms with van der Waals surface area (Å²) < 4.78 is 11.1. The second kappa shape index (κ2) is 3.71. The zero-order valence-corrected chi connectivity index (χ0v) is 8.85. The molecule has 0 bridgehead atoms. The normalized spacial score (nSPS) is 21.6. The molecule has 1 aromatic rings. The van der Waals surface area contributed by atoms with E-state index in [9.17, 15) is 9.00 Å². The standard InChI is InChI=1S/C9H8ClNO2S/c10-7-1-3-8(4-2-7)11-6-14(13)5-9(11)12/h1-4H,5-6H2/t14-/m0/s1. The lowest BCUT2D eigenvalue weighted by molar-refractivity contribution is -0.115. The summed E-state index contributed by atoms with van der Waals surface area (Å²) in [5.41, 5.74) is 0.755. The fourth-order valence-corrected chi connectivity index (χ4v) is 2.55. The van der Waals surface area contributed by atoms with Gasteiger partial charge >= 0.3 is 0 Å². The Balaban J connectivity index is 2.27. The molecule has 1 fully saturated rings. The van der Waals surface area contributed by atoms with Gasteiger partial charge in [-0.05, 0) is 24.3 Å². The third-order valence-corrected chi connectivity index (χ3v) is 3.36. The summed E-state index contributed by atoms with van der Waals surface area (Å²) in [7, 11) is -1.05. The van der Waals surface area contributed by atoms with Crippen molar-refractivity contribution in [1.82, 2.24) is 0 Å². The molecule has 14 heavy (non-hydrogen) atoms. The highest BCUT2D eigenvalue weighted by molar-refractivity contribution is 7.86. The van der Waals surface area contributed by atoms with Gasteiger partial charge < -0.3 is 0 Å². The molecule has 74 valence electrons. The number of hydrogen-bond acceptors (Lipinski definition) is 2. The van der Waals surface area contributed by atoms with Gasteiger partial charge in [-0.15, -0.1) is 0 Å². The quantitative estimate of drug-likeness (QED) is 0.730. The van der Waals surface area contributed by atoms with Gasteiger partial charge in [0.1, 0.15) is 11.6 Å². The molecule has 0 unspecified atom stereocenters. The Morgan fingerprint density at radius 3 is 2.43 bits per heavy atom. The Morgan fingerprint density at radius 2 is 1.93 bits per heavy atom. The first-order valence-electron chi connectivity index (χ1n) is 4.08. The molecule has 0 N–H and O–H groups in total. The Morgan fingerprint density at radius 1 is 1.29 bits per heavy atom. The van der Waals surface area contributed by atoms with Crippen LogP contribution in [0.5, 0.6) is 0 Å². The van der Waals surface area contributed by atoms with Gasteiger partial charge in [0.05, 0.1) is 10.8 Å². The van der Waals surface area contributed by atoms with Crippen molar-refractivity contribution < 1.29 is 9.00 Å². The highest BCUT2D eigenvalue weighted by Gasteiger charge is 2.27. The van der Waals surface area contributed by atoms with Crippen LogP contribution in [0.2, 0.25) is 5.02 Å². The van der Waals surface area contributed by atoms with Crippen LogP contribution in [0, 0.1) is 0 Å². The minimum Gasteiger partial charge on any atom is -0.299 e. The molecule has 5 heteroatoms. The zero-order valence-electron chi connectivity index (χ0n) is 7.27. The summed E-state index contributed by atoms with van der Waals surface area (Å²) in [5, 5.41) is 0.626. The number of benzene rings is 1. The molecule has 1 heterocycles. The van der Waals surface area contributed by atoms with Crippen molar-refractivity contribution in [1.29, 1.82) is 0 Å². The van der Waals surface area contributed by atoms with E-state index in [0.717, 1.165) is 5.69 Å². The molecule has 3 nitrogen and oxygen atoms in total. The lowest BCUT2D eigenvalue weighted by Crippen LogP contribution is -2.24. The molecule has 0 aliphatic carbocycles. The Bertz CT molecular complexity index is 390. The Labute approximate surface area is 89.1 Å². The van der Waals surface area contributed by atoms with Crippen LogP contribution in [0.3, 0.4) is 0 Å². The smallest absolute Gasteiger partial charge is 0.240 e. The van der Waals surface area contributed by atoms with E-state index in [-0.39, 0.29) is 11.7 Å². The van der Waals surface area contributed by atoms with Crippen LogP contribution in [0.25, 0.3) is 0 Å². The average Bonchev–Trinajstić information content (AvgIpc) is 2.47. The van der Waals surface area contributed by atoms with Crippen molar-refractivity contribution >= 4 is 34.0 Å². The van der Waals surface area contributed by atoms with Crippen LogP contribution >= 0.6 is 11.6 Å². The van der Waals surface area contributed by atoms with Gasteiger partial charge in [0.25, 0.3) is 0 Å². The van der Waals surface area contributed by atoms with Crippen molar-refractivity contribution in [3.63, 3.8) is 0 Å². The molecule has 1 saturated heterocycles. The fraction of sp³-hybridized carbons (Fsp3) is 0.222. The number of halogens is 1.